The second-order valence-corrected chi connectivity index (χ2v) is 3.70. The van der Waals surface area contributed by atoms with E-state index in [1.807, 2.05) is 20.8 Å². The molecule has 0 aromatic rings. The van der Waals surface area contributed by atoms with Gasteiger partial charge in [0.25, 0.3) is 0 Å². The molecule has 0 aromatic heterocycles. The van der Waals surface area contributed by atoms with Gasteiger partial charge in [-0.15, -0.1) is 0 Å². The molecule has 0 bridgehead atoms. The van der Waals surface area contributed by atoms with Crippen LogP contribution in [0.5, 0.6) is 0 Å². The Hall–Kier alpha value is -0.610. The van der Waals surface area contributed by atoms with Gasteiger partial charge in [0.15, 0.2) is 0 Å². The lowest BCUT2D eigenvalue weighted by Crippen LogP contribution is -2.46. The molecule has 0 spiro atoms. The summed E-state index contributed by atoms with van der Waals surface area (Å²) in [7, 11) is 1.62. The van der Waals surface area contributed by atoms with Crippen LogP contribution in [0.3, 0.4) is 0 Å². The fourth-order valence-corrected chi connectivity index (χ4v) is 0.689. The van der Waals surface area contributed by atoms with Gasteiger partial charge in [-0.25, -0.2) is 0 Å². The van der Waals surface area contributed by atoms with Crippen molar-refractivity contribution in [2.75, 3.05) is 13.7 Å². The van der Waals surface area contributed by atoms with Gasteiger partial charge in [-0.3, -0.25) is 4.79 Å². The standard InChI is InChI=1S/C9H20N2O2/c1-5-7(10)8(12)11-6-9(2,3)13-4/h7H,5-6,10H2,1-4H3,(H,11,12)/t7-/m1/s1. The molecular weight excluding hydrogens is 168 g/mol. The molecule has 4 nitrogen and oxygen atoms in total. The Labute approximate surface area is 79.8 Å². The number of methoxy groups -OCH3 is 1. The second-order valence-electron chi connectivity index (χ2n) is 3.70. The molecule has 1 amide bonds. The fraction of sp³-hybridized carbons (Fsp3) is 0.889. The summed E-state index contributed by atoms with van der Waals surface area (Å²) < 4.78 is 5.15. The highest BCUT2D eigenvalue weighted by Gasteiger charge is 2.19. The molecule has 78 valence electrons. The van der Waals surface area contributed by atoms with Crippen molar-refractivity contribution in [3.05, 3.63) is 0 Å². The smallest absolute Gasteiger partial charge is 0.237 e. The minimum Gasteiger partial charge on any atom is -0.377 e. The van der Waals surface area contributed by atoms with E-state index in [1.54, 1.807) is 7.11 Å². The summed E-state index contributed by atoms with van der Waals surface area (Å²) in [6.45, 7) is 6.18. The van der Waals surface area contributed by atoms with Gasteiger partial charge in [-0.1, -0.05) is 6.92 Å². The molecule has 0 saturated carbocycles. The maximum Gasteiger partial charge on any atom is 0.237 e. The Morgan fingerprint density at radius 1 is 1.62 bits per heavy atom. The number of ether oxygens (including phenoxy) is 1. The predicted octanol–water partition coefficient (Wildman–Crippen LogP) is 0.265. The van der Waals surface area contributed by atoms with Gasteiger partial charge in [-0.2, -0.15) is 0 Å². The number of hydrogen-bond donors (Lipinski definition) is 2. The maximum absolute atomic E-state index is 11.2. The van der Waals surface area contributed by atoms with Gasteiger partial charge in [0.05, 0.1) is 11.6 Å². The third kappa shape index (κ3) is 4.85. The molecule has 0 rings (SSSR count). The Morgan fingerprint density at radius 3 is 2.54 bits per heavy atom. The number of hydrogen-bond acceptors (Lipinski definition) is 3. The molecule has 0 unspecified atom stereocenters. The monoisotopic (exact) mass is 188 g/mol. The number of nitrogens with two attached hydrogens (primary N) is 1. The van der Waals surface area contributed by atoms with E-state index >= 15 is 0 Å². The second kappa shape index (κ2) is 5.19. The lowest BCUT2D eigenvalue weighted by atomic mass is 10.1. The van der Waals surface area contributed by atoms with Crippen LogP contribution in [0.4, 0.5) is 0 Å². The molecule has 0 fully saturated rings. The highest BCUT2D eigenvalue weighted by Crippen LogP contribution is 2.04. The Kier molecular flexibility index (Phi) is 4.95. The molecule has 13 heavy (non-hydrogen) atoms. The molecular formula is C9H20N2O2. The van der Waals surface area contributed by atoms with Crippen LogP contribution in [0.25, 0.3) is 0 Å². The first-order valence-electron chi connectivity index (χ1n) is 4.51. The number of carbonyl (C=O) groups is 1. The van der Waals surface area contributed by atoms with Crippen molar-refractivity contribution < 1.29 is 9.53 Å². The van der Waals surface area contributed by atoms with Crippen molar-refractivity contribution in [3.63, 3.8) is 0 Å². The van der Waals surface area contributed by atoms with Gasteiger partial charge in [0.2, 0.25) is 5.91 Å². The van der Waals surface area contributed by atoms with Crippen LogP contribution < -0.4 is 11.1 Å². The van der Waals surface area contributed by atoms with Crippen molar-refractivity contribution in [2.45, 2.75) is 38.8 Å². The zero-order valence-electron chi connectivity index (χ0n) is 8.89. The zero-order chi connectivity index (χ0) is 10.5. The van der Waals surface area contributed by atoms with Gasteiger partial charge in [-0.05, 0) is 20.3 Å². The minimum atomic E-state index is -0.410. The average Bonchev–Trinajstić information content (AvgIpc) is 2.13. The van der Waals surface area contributed by atoms with Crippen LogP contribution in [-0.2, 0) is 9.53 Å². The lowest BCUT2D eigenvalue weighted by molar-refractivity contribution is -0.123. The van der Waals surface area contributed by atoms with Crippen LogP contribution >= 0.6 is 0 Å². The third-order valence-electron chi connectivity index (χ3n) is 2.02. The van der Waals surface area contributed by atoms with Crippen LogP contribution in [-0.4, -0.2) is 31.2 Å². The van der Waals surface area contributed by atoms with Crippen molar-refractivity contribution in [1.29, 1.82) is 0 Å². The fourth-order valence-electron chi connectivity index (χ4n) is 0.689. The summed E-state index contributed by atoms with van der Waals surface area (Å²) in [6, 6.07) is -0.410. The van der Waals surface area contributed by atoms with Crippen LogP contribution in [0.15, 0.2) is 0 Å². The minimum absolute atomic E-state index is 0.118. The Bertz CT molecular complexity index is 169. The zero-order valence-corrected chi connectivity index (χ0v) is 8.89. The van der Waals surface area contributed by atoms with Crippen LogP contribution in [0.2, 0.25) is 0 Å². The quantitative estimate of drug-likeness (QED) is 0.650. The molecule has 0 aromatic carbocycles. The molecule has 1 atom stereocenters. The van der Waals surface area contributed by atoms with E-state index in [0.717, 1.165) is 0 Å². The van der Waals surface area contributed by atoms with E-state index in [1.165, 1.54) is 0 Å². The Balaban J connectivity index is 3.83. The largest absolute Gasteiger partial charge is 0.377 e. The van der Waals surface area contributed by atoms with E-state index in [4.69, 9.17) is 10.5 Å². The molecule has 0 saturated heterocycles. The van der Waals surface area contributed by atoms with E-state index in [0.29, 0.717) is 13.0 Å². The molecule has 0 heterocycles. The molecule has 4 heteroatoms. The number of carbonyl (C=O) groups excluding carboxylic acids is 1. The van der Waals surface area contributed by atoms with Crippen molar-refractivity contribution in [2.24, 2.45) is 5.73 Å². The van der Waals surface area contributed by atoms with Crippen molar-refractivity contribution in [3.8, 4) is 0 Å². The summed E-state index contributed by atoms with van der Waals surface area (Å²) in [4.78, 5) is 11.2. The topological polar surface area (TPSA) is 64.4 Å². The summed E-state index contributed by atoms with van der Waals surface area (Å²) >= 11 is 0. The lowest BCUT2D eigenvalue weighted by Gasteiger charge is -2.23. The van der Waals surface area contributed by atoms with Crippen LogP contribution in [0, 0.1) is 0 Å². The number of amides is 1. The highest BCUT2D eigenvalue weighted by molar-refractivity contribution is 5.81. The molecule has 0 aliphatic carbocycles. The normalized spacial score (nSPS) is 13.9. The molecule has 0 aliphatic heterocycles. The SMILES string of the molecule is CC[C@@H](N)C(=O)NCC(C)(C)OC. The summed E-state index contributed by atoms with van der Waals surface area (Å²) in [5.41, 5.74) is 5.20. The maximum atomic E-state index is 11.2. The molecule has 0 aliphatic rings. The first kappa shape index (κ1) is 12.4. The predicted molar refractivity (Wildman–Crippen MR) is 52.4 cm³/mol. The van der Waals surface area contributed by atoms with Gasteiger partial charge < -0.3 is 15.8 Å². The third-order valence-corrected chi connectivity index (χ3v) is 2.02. The van der Waals surface area contributed by atoms with Gasteiger partial charge in [0.1, 0.15) is 0 Å². The van der Waals surface area contributed by atoms with Crippen LogP contribution in [0.1, 0.15) is 27.2 Å². The number of rotatable bonds is 5. The summed E-state index contributed by atoms with van der Waals surface area (Å²) in [5, 5.41) is 2.74. The molecule has 0 radical (unpaired) electrons. The average molecular weight is 188 g/mol. The van der Waals surface area contributed by atoms with Crippen molar-refractivity contribution in [1.82, 2.24) is 5.32 Å². The number of nitrogens with one attached hydrogen (secondary N) is 1. The van der Waals surface area contributed by atoms with E-state index < -0.39 is 6.04 Å². The van der Waals surface area contributed by atoms with E-state index in [-0.39, 0.29) is 11.5 Å². The summed E-state index contributed by atoms with van der Waals surface area (Å²) in [5.74, 6) is -0.118. The van der Waals surface area contributed by atoms with Gasteiger partial charge >= 0.3 is 0 Å². The summed E-state index contributed by atoms with van der Waals surface area (Å²) in [6.07, 6.45) is 0.652. The van der Waals surface area contributed by atoms with E-state index in [9.17, 15) is 4.79 Å². The first-order chi connectivity index (χ1) is 5.93. The Morgan fingerprint density at radius 2 is 2.15 bits per heavy atom. The van der Waals surface area contributed by atoms with Crippen molar-refractivity contribution >= 4 is 5.91 Å². The van der Waals surface area contributed by atoms with Gasteiger partial charge in [0, 0.05) is 13.7 Å². The van der Waals surface area contributed by atoms with E-state index in [2.05, 4.69) is 5.32 Å². The first-order valence-corrected chi connectivity index (χ1v) is 4.51. The highest BCUT2D eigenvalue weighted by atomic mass is 16.5. The molecule has 3 N–H and O–H groups in total.